The fraction of sp³-hybridized carbons (Fsp3) is 0.200. The molecule has 2 aliphatic rings. The van der Waals surface area contributed by atoms with E-state index >= 15 is 0 Å². The van der Waals surface area contributed by atoms with E-state index in [-0.39, 0.29) is 17.8 Å². The van der Waals surface area contributed by atoms with E-state index in [4.69, 9.17) is 4.74 Å². The van der Waals surface area contributed by atoms with E-state index in [1.165, 1.54) is 0 Å². The van der Waals surface area contributed by atoms with Crippen LogP contribution in [0, 0.1) is 6.92 Å². The van der Waals surface area contributed by atoms with E-state index in [2.05, 4.69) is 27.5 Å². The smallest absolute Gasteiger partial charge is 0.331 e. The highest BCUT2D eigenvalue weighted by Gasteiger charge is 2.43. The van der Waals surface area contributed by atoms with Crippen molar-refractivity contribution in [1.82, 2.24) is 15.6 Å². The highest BCUT2D eigenvalue weighted by molar-refractivity contribution is 7.21. The Hall–Kier alpha value is -4.58. The molecule has 2 aromatic heterocycles. The molecule has 4 N–H and O–H groups in total. The standard InChI is InChI=1S/C30H27N5O5S/c1-3-23(37)30(14-18(36)15-31-16-30)34-27(38)26-25-24-22(11-12-32-28(24)41-26)35(29(39)33-25)21-10-9-20(13-17(21)2)40-19-7-5-4-6-8-19/h3-13,18,31,36H,1,14-16H2,2H3,(H,33,39)(H,34,38)/t18-,30-/m1/s1. The fourth-order valence-electron chi connectivity index (χ4n) is 5.36. The van der Waals surface area contributed by atoms with Crippen LogP contribution in [-0.4, -0.2) is 52.5 Å². The molecule has 0 aliphatic carbocycles. The van der Waals surface area contributed by atoms with Gasteiger partial charge in [-0.25, -0.2) is 9.78 Å². The number of β-amino-alcohol motifs (C(OH)–C–C–N with tert-alkyl or cyclic N) is 1. The number of pyridine rings is 1. The molecule has 0 unspecified atom stereocenters. The molecule has 208 valence electrons. The molecule has 0 spiro atoms. The summed E-state index contributed by atoms with van der Waals surface area (Å²) in [5.41, 5.74) is 1.01. The molecule has 2 aromatic carbocycles. The quantitative estimate of drug-likeness (QED) is 0.238. The van der Waals surface area contributed by atoms with Crippen molar-refractivity contribution in [2.24, 2.45) is 0 Å². The van der Waals surface area contributed by atoms with Gasteiger partial charge in [-0.05, 0) is 55.0 Å². The molecule has 2 aliphatic heterocycles. The number of benzene rings is 2. The number of anilines is 3. The Labute approximate surface area is 239 Å². The van der Waals surface area contributed by atoms with Crippen LogP contribution in [0.25, 0.3) is 10.2 Å². The molecule has 0 saturated carbocycles. The van der Waals surface area contributed by atoms with Crippen LogP contribution in [-0.2, 0) is 4.79 Å². The van der Waals surface area contributed by atoms with E-state index in [1.807, 2.05) is 49.4 Å². The van der Waals surface area contributed by atoms with Gasteiger partial charge in [-0.3, -0.25) is 14.5 Å². The van der Waals surface area contributed by atoms with E-state index < -0.39 is 29.4 Å². The van der Waals surface area contributed by atoms with Gasteiger partial charge in [0, 0.05) is 25.7 Å². The first-order valence-corrected chi connectivity index (χ1v) is 13.9. The van der Waals surface area contributed by atoms with E-state index in [1.54, 1.807) is 23.2 Å². The highest BCUT2D eigenvalue weighted by atomic mass is 32.1. The van der Waals surface area contributed by atoms with Gasteiger partial charge in [-0.1, -0.05) is 24.8 Å². The van der Waals surface area contributed by atoms with Crippen molar-refractivity contribution >= 4 is 56.3 Å². The maximum atomic E-state index is 13.6. The van der Waals surface area contributed by atoms with E-state index in [0.29, 0.717) is 45.3 Å². The molecule has 0 radical (unpaired) electrons. The number of hydrogen-bond donors (Lipinski definition) is 4. The lowest BCUT2D eigenvalue weighted by Gasteiger charge is -2.38. The molecule has 3 amide bonds. The van der Waals surface area contributed by atoms with Gasteiger partial charge in [0.25, 0.3) is 5.91 Å². The van der Waals surface area contributed by atoms with Gasteiger partial charge < -0.3 is 25.8 Å². The number of urea groups is 1. The number of ether oxygens (including phenoxy) is 1. The zero-order valence-electron chi connectivity index (χ0n) is 22.1. The Bertz CT molecular complexity index is 1700. The molecular formula is C30H27N5O5S. The number of nitrogens with zero attached hydrogens (tertiary/aromatic N) is 2. The number of rotatable bonds is 7. The van der Waals surface area contributed by atoms with Gasteiger partial charge in [0.15, 0.2) is 5.78 Å². The molecule has 6 rings (SSSR count). The second-order valence-electron chi connectivity index (χ2n) is 10.0. The van der Waals surface area contributed by atoms with Crippen LogP contribution >= 0.6 is 11.3 Å². The molecule has 10 nitrogen and oxygen atoms in total. The summed E-state index contributed by atoms with van der Waals surface area (Å²) in [6, 6.07) is 16.2. The van der Waals surface area contributed by atoms with Crippen molar-refractivity contribution in [2.45, 2.75) is 25.0 Å². The van der Waals surface area contributed by atoms with Crippen molar-refractivity contribution in [3.05, 3.63) is 83.9 Å². The molecule has 2 atom stereocenters. The number of ketones is 1. The molecule has 0 bridgehead atoms. The minimum Gasteiger partial charge on any atom is -0.457 e. The Kier molecular flexibility index (Phi) is 6.78. The van der Waals surface area contributed by atoms with Crippen LogP contribution in [0.1, 0.15) is 21.7 Å². The normalized spacial score (nSPS) is 19.9. The summed E-state index contributed by atoms with van der Waals surface area (Å²) in [6.45, 7) is 5.92. The van der Waals surface area contributed by atoms with Crippen LogP contribution in [0.5, 0.6) is 11.5 Å². The third kappa shape index (κ3) is 4.73. The maximum absolute atomic E-state index is 13.6. The minimum atomic E-state index is -1.36. The zero-order valence-corrected chi connectivity index (χ0v) is 23.0. The average Bonchev–Trinajstić information content (AvgIpc) is 3.33. The second kappa shape index (κ2) is 10.4. The van der Waals surface area contributed by atoms with Gasteiger partial charge >= 0.3 is 6.03 Å². The average molecular weight is 570 g/mol. The number of carbonyl (C=O) groups is 3. The summed E-state index contributed by atoms with van der Waals surface area (Å²) in [5.74, 6) is 0.383. The molecule has 4 heterocycles. The predicted molar refractivity (Wildman–Crippen MR) is 157 cm³/mol. The number of aryl methyl sites for hydroxylation is 1. The number of amides is 3. The first-order chi connectivity index (χ1) is 19.8. The summed E-state index contributed by atoms with van der Waals surface area (Å²) in [7, 11) is 0. The Morgan fingerprint density at radius 1 is 1.20 bits per heavy atom. The lowest BCUT2D eigenvalue weighted by atomic mass is 9.84. The molecule has 41 heavy (non-hydrogen) atoms. The van der Waals surface area contributed by atoms with Crippen LogP contribution in [0.4, 0.5) is 21.9 Å². The maximum Gasteiger partial charge on any atom is 0.331 e. The molecule has 11 heteroatoms. The monoisotopic (exact) mass is 569 g/mol. The van der Waals surface area contributed by atoms with Crippen LogP contribution in [0.15, 0.2) is 73.4 Å². The van der Waals surface area contributed by atoms with Crippen molar-refractivity contribution in [3.8, 4) is 11.5 Å². The number of aliphatic hydroxyl groups excluding tert-OH is 1. The number of para-hydroxylation sites is 1. The minimum absolute atomic E-state index is 0.0454. The summed E-state index contributed by atoms with van der Waals surface area (Å²) in [6.07, 6.45) is 1.97. The predicted octanol–water partition coefficient (Wildman–Crippen LogP) is 4.66. The largest absolute Gasteiger partial charge is 0.457 e. The topological polar surface area (TPSA) is 133 Å². The fourth-order valence-corrected chi connectivity index (χ4v) is 6.38. The SMILES string of the molecule is C=CC(=O)[C@]1(NC(=O)c2sc3nccc4c3c2NC(=O)N4c2ccc(Oc3ccccc3)cc2C)CNC[C@H](O)C1. The van der Waals surface area contributed by atoms with Gasteiger partial charge in [-0.15, -0.1) is 11.3 Å². The number of hydrogen-bond acceptors (Lipinski definition) is 8. The van der Waals surface area contributed by atoms with Gasteiger partial charge in [0.2, 0.25) is 0 Å². The molecular weight excluding hydrogens is 542 g/mol. The van der Waals surface area contributed by atoms with Crippen molar-refractivity contribution < 1.29 is 24.2 Å². The number of piperidine rings is 1. The van der Waals surface area contributed by atoms with Crippen molar-refractivity contribution in [1.29, 1.82) is 0 Å². The number of nitrogens with one attached hydrogen (secondary N) is 3. The van der Waals surface area contributed by atoms with Crippen molar-refractivity contribution in [2.75, 3.05) is 23.3 Å². The van der Waals surface area contributed by atoms with Crippen molar-refractivity contribution in [3.63, 3.8) is 0 Å². The molecule has 1 saturated heterocycles. The van der Waals surface area contributed by atoms with Crippen LogP contribution in [0.2, 0.25) is 0 Å². The first-order valence-electron chi connectivity index (χ1n) is 13.0. The number of thiophene rings is 1. The van der Waals surface area contributed by atoms with E-state index in [9.17, 15) is 19.5 Å². The van der Waals surface area contributed by atoms with E-state index in [0.717, 1.165) is 23.0 Å². The Balaban J connectivity index is 1.35. The first kappa shape index (κ1) is 26.6. The van der Waals surface area contributed by atoms with Crippen LogP contribution < -0.4 is 25.6 Å². The third-order valence-electron chi connectivity index (χ3n) is 7.24. The van der Waals surface area contributed by atoms with Crippen LogP contribution in [0.3, 0.4) is 0 Å². The van der Waals surface area contributed by atoms with Gasteiger partial charge in [0.1, 0.15) is 26.7 Å². The van der Waals surface area contributed by atoms with Gasteiger partial charge in [-0.2, -0.15) is 0 Å². The summed E-state index contributed by atoms with van der Waals surface area (Å²) in [5, 5.41) is 19.6. The lowest BCUT2D eigenvalue weighted by molar-refractivity contribution is -0.122. The number of aromatic nitrogens is 1. The summed E-state index contributed by atoms with van der Waals surface area (Å²) >= 11 is 1.12. The summed E-state index contributed by atoms with van der Waals surface area (Å²) < 4.78 is 5.95. The Morgan fingerprint density at radius 2 is 2.00 bits per heavy atom. The second-order valence-corrected chi connectivity index (χ2v) is 11.0. The lowest BCUT2D eigenvalue weighted by Crippen LogP contribution is -2.65. The van der Waals surface area contributed by atoms with Gasteiger partial charge in [0.05, 0.1) is 28.6 Å². The summed E-state index contributed by atoms with van der Waals surface area (Å²) in [4.78, 5) is 46.8. The third-order valence-corrected chi connectivity index (χ3v) is 8.34. The Morgan fingerprint density at radius 3 is 2.73 bits per heavy atom. The molecule has 1 fully saturated rings. The zero-order chi connectivity index (χ0) is 28.7. The number of aliphatic hydroxyl groups is 1. The number of carbonyl (C=O) groups excluding carboxylic acids is 3. The molecule has 4 aromatic rings. The highest BCUT2D eigenvalue weighted by Crippen LogP contribution is 2.46.